The zero-order valence-electron chi connectivity index (χ0n) is 17.9. The molecule has 2 aromatic carbocycles. The molecule has 2 heterocycles. The largest absolute Gasteiger partial charge is 0.416 e. The Balaban J connectivity index is 1.88. The van der Waals surface area contributed by atoms with Crippen LogP contribution in [-0.2, 0) is 11.0 Å². The third-order valence-electron chi connectivity index (χ3n) is 5.45. The second-order valence-corrected chi connectivity index (χ2v) is 8.62. The summed E-state index contributed by atoms with van der Waals surface area (Å²) >= 11 is 11.7. The van der Waals surface area contributed by atoms with Crippen molar-refractivity contribution in [2.75, 3.05) is 16.8 Å². The molecule has 1 atom stereocenters. The molecule has 12 heteroatoms. The molecule has 5 nitrogen and oxygen atoms in total. The number of amides is 2. The van der Waals surface area contributed by atoms with E-state index in [-0.39, 0.29) is 21.8 Å². The normalized spacial score (nSPS) is 15.4. The van der Waals surface area contributed by atoms with Gasteiger partial charge < -0.3 is 4.90 Å². The minimum Gasteiger partial charge on any atom is -0.311 e. The summed E-state index contributed by atoms with van der Waals surface area (Å²) in [5.74, 6) is -4.31. The topological polar surface area (TPSA) is 53.5 Å². The van der Waals surface area contributed by atoms with Gasteiger partial charge in [-0.05, 0) is 42.8 Å². The quantitative estimate of drug-likeness (QED) is 0.293. The number of nitrogens with zero attached hydrogens (tertiary/aromatic N) is 3. The highest BCUT2D eigenvalue weighted by atomic mass is 35.5. The smallest absolute Gasteiger partial charge is 0.311 e. The van der Waals surface area contributed by atoms with Gasteiger partial charge in [0, 0.05) is 29.4 Å². The van der Waals surface area contributed by atoms with Crippen LogP contribution in [0.5, 0.6) is 0 Å². The van der Waals surface area contributed by atoms with E-state index in [1.807, 2.05) is 0 Å². The highest BCUT2D eigenvalue weighted by Crippen LogP contribution is 2.41. The summed E-state index contributed by atoms with van der Waals surface area (Å²) in [4.78, 5) is 32.5. The number of halogens is 7. The number of hydrogen-bond donors (Lipinski definition) is 0. The van der Waals surface area contributed by atoms with Gasteiger partial charge in [-0.1, -0.05) is 29.3 Å². The summed E-state index contributed by atoms with van der Waals surface area (Å²) < 4.78 is 68.5. The summed E-state index contributed by atoms with van der Waals surface area (Å²) in [7, 11) is 1.16. The first-order chi connectivity index (χ1) is 16.3. The Bertz CT molecular complexity index is 1380. The summed E-state index contributed by atoms with van der Waals surface area (Å²) in [6.45, 7) is 1.31. The van der Waals surface area contributed by atoms with Gasteiger partial charge in [0.2, 0.25) is 0 Å². The van der Waals surface area contributed by atoms with Crippen LogP contribution in [0.3, 0.4) is 0 Å². The van der Waals surface area contributed by atoms with E-state index in [0.29, 0.717) is 12.1 Å². The third-order valence-corrected chi connectivity index (χ3v) is 5.97. The van der Waals surface area contributed by atoms with Crippen molar-refractivity contribution >= 4 is 46.5 Å². The molecule has 3 aromatic rings. The Morgan fingerprint density at radius 2 is 1.74 bits per heavy atom. The van der Waals surface area contributed by atoms with E-state index in [1.54, 1.807) is 0 Å². The lowest BCUT2D eigenvalue weighted by Gasteiger charge is -2.29. The minimum atomic E-state index is -4.74. The molecule has 4 rings (SSSR count). The lowest BCUT2D eigenvalue weighted by atomic mass is 10.0. The molecule has 0 spiro atoms. The zero-order chi connectivity index (χ0) is 25.8. The van der Waals surface area contributed by atoms with Crippen molar-refractivity contribution in [3.05, 3.63) is 86.5 Å². The average molecular weight is 530 g/mol. The van der Waals surface area contributed by atoms with Crippen molar-refractivity contribution in [2.24, 2.45) is 0 Å². The molecule has 1 aliphatic rings. The Morgan fingerprint density at radius 1 is 1.06 bits per heavy atom. The molecule has 1 aromatic heterocycles. The van der Waals surface area contributed by atoms with Crippen molar-refractivity contribution in [1.29, 1.82) is 0 Å². The zero-order valence-corrected chi connectivity index (χ0v) is 19.4. The predicted molar refractivity (Wildman–Crippen MR) is 120 cm³/mol. The molecule has 182 valence electrons. The van der Waals surface area contributed by atoms with Gasteiger partial charge in [0.05, 0.1) is 16.3 Å². The van der Waals surface area contributed by atoms with Crippen molar-refractivity contribution in [3.8, 4) is 0 Å². The van der Waals surface area contributed by atoms with Crippen molar-refractivity contribution in [2.45, 2.75) is 19.1 Å². The molecule has 0 aliphatic carbocycles. The fraction of sp³-hybridized carbons (Fsp3) is 0.174. The monoisotopic (exact) mass is 529 g/mol. The number of alkyl halides is 3. The fourth-order valence-corrected chi connectivity index (χ4v) is 4.16. The molecule has 0 saturated carbocycles. The van der Waals surface area contributed by atoms with E-state index >= 15 is 0 Å². The van der Waals surface area contributed by atoms with Crippen LogP contribution in [0, 0.1) is 18.6 Å². The third kappa shape index (κ3) is 4.43. The van der Waals surface area contributed by atoms with Gasteiger partial charge in [0.25, 0.3) is 11.8 Å². The van der Waals surface area contributed by atoms with Crippen molar-refractivity contribution in [1.82, 2.24) is 4.98 Å². The van der Waals surface area contributed by atoms with Crippen LogP contribution >= 0.6 is 23.2 Å². The van der Waals surface area contributed by atoms with Crippen LogP contribution in [0.15, 0.2) is 42.5 Å². The van der Waals surface area contributed by atoms with E-state index in [0.717, 1.165) is 29.0 Å². The molecule has 0 unspecified atom stereocenters. The summed E-state index contributed by atoms with van der Waals surface area (Å²) in [5, 5.41) is -0.300. The highest BCUT2D eigenvalue weighted by Gasteiger charge is 2.45. The maximum absolute atomic E-state index is 14.5. The number of aromatic nitrogens is 1. The van der Waals surface area contributed by atoms with Gasteiger partial charge in [-0.3, -0.25) is 14.5 Å². The van der Waals surface area contributed by atoms with Gasteiger partial charge in [-0.15, -0.1) is 0 Å². The Labute approximate surface area is 205 Å². The molecule has 0 bridgehead atoms. The van der Waals surface area contributed by atoms with Crippen LogP contribution < -0.4 is 9.80 Å². The number of rotatable bonds is 3. The Morgan fingerprint density at radius 3 is 2.40 bits per heavy atom. The molecule has 35 heavy (non-hydrogen) atoms. The molecule has 0 fully saturated rings. The summed E-state index contributed by atoms with van der Waals surface area (Å²) in [6.07, 6.45) is -4.74. The fourth-order valence-electron chi connectivity index (χ4n) is 3.83. The van der Waals surface area contributed by atoms with E-state index in [2.05, 4.69) is 4.98 Å². The summed E-state index contributed by atoms with van der Waals surface area (Å²) in [6, 6.07) is 5.36. The highest BCUT2D eigenvalue weighted by molar-refractivity contribution is 6.32. The number of benzene rings is 2. The molecule has 1 aliphatic heterocycles. The Hall–Kier alpha value is -3.24. The van der Waals surface area contributed by atoms with Crippen LogP contribution in [0.1, 0.15) is 33.2 Å². The molecule has 0 N–H and O–H groups in total. The number of fused-ring (bicyclic) bond motifs is 1. The number of likely N-dealkylation sites (N-methyl/N-ethyl adjacent to an activating group) is 1. The lowest BCUT2D eigenvalue weighted by Crippen LogP contribution is -2.41. The van der Waals surface area contributed by atoms with Gasteiger partial charge in [0.1, 0.15) is 23.5 Å². The second kappa shape index (κ2) is 8.76. The van der Waals surface area contributed by atoms with Crippen LogP contribution in [-0.4, -0.2) is 23.8 Å². The van der Waals surface area contributed by atoms with Crippen molar-refractivity contribution in [3.63, 3.8) is 0 Å². The number of hydrogen-bond acceptors (Lipinski definition) is 3. The van der Waals surface area contributed by atoms with E-state index in [4.69, 9.17) is 23.2 Å². The Kier molecular flexibility index (Phi) is 6.23. The van der Waals surface area contributed by atoms with Crippen LogP contribution in [0.2, 0.25) is 10.0 Å². The molecule has 0 saturated heterocycles. The van der Waals surface area contributed by atoms with Gasteiger partial charge in [0.15, 0.2) is 0 Å². The molecule has 0 radical (unpaired) electrons. The molecular weight excluding hydrogens is 516 g/mol. The van der Waals surface area contributed by atoms with Crippen LogP contribution in [0.25, 0.3) is 0 Å². The number of carbonyl (C=O) groups excluding carboxylic acids is 2. The first kappa shape index (κ1) is 24.9. The average Bonchev–Trinajstić information content (AvgIpc) is 3.06. The number of carbonyl (C=O) groups is 2. The maximum atomic E-state index is 14.5. The number of aryl methyl sites for hydroxylation is 1. The second-order valence-electron chi connectivity index (χ2n) is 7.78. The van der Waals surface area contributed by atoms with Crippen LogP contribution in [0.4, 0.5) is 33.5 Å². The van der Waals surface area contributed by atoms with E-state index in [9.17, 15) is 31.5 Å². The number of anilines is 2. The standard InChI is InChI=1S/C23H14Cl2F5N3O2/c1-10-5-11(23(28,29)30)6-19(31-10)33-20(13-4-3-12(24)7-14(13)21(33)34)22(35)32(2)18-8-15(25)16(26)9-17(18)27/h3-9,20H,1-2H3/t20-/m0/s1. The molecule has 2 amide bonds. The lowest BCUT2D eigenvalue weighted by molar-refractivity contribution is -0.137. The first-order valence-electron chi connectivity index (χ1n) is 9.90. The SMILES string of the molecule is Cc1cc(C(F)(F)F)cc(N2C(=O)c3cc(Cl)ccc3[C@H]2C(=O)N(C)c2cc(Cl)c(F)cc2F)n1. The van der Waals surface area contributed by atoms with E-state index < -0.39 is 57.8 Å². The van der Waals surface area contributed by atoms with Gasteiger partial charge in [-0.2, -0.15) is 13.2 Å². The minimum absolute atomic E-state index is 0.0290. The van der Waals surface area contributed by atoms with E-state index in [1.165, 1.54) is 25.1 Å². The van der Waals surface area contributed by atoms with Gasteiger partial charge in [-0.25, -0.2) is 13.8 Å². The van der Waals surface area contributed by atoms with Crippen molar-refractivity contribution < 1.29 is 31.5 Å². The number of pyridine rings is 1. The molecular formula is C23H14Cl2F5N3O2. The summed E-state index contributed by atoms with van der Waals surface area (Å²) in [5.41, 5.74) is -1.42. The predicted octanol–water partition coefficient (Wildman–Crippen LogP) is 6.36. The first-order valence-corrected chi connectivity index (χ1v) is 10.7. The van der Waals surface area contributed by atoms with Gasteiger partial charge >= 0.3 is 6.18 Å². The maximum Gasteiger partial charge on any atom is 0.416 e.